The van der Waals surface area contributed by atoms with E-state index in [-0.39, 0.29) is 18.2 Å². The summed E-state index contributed by atoms with van der Waals surface area (Å²) in [5.41, 5.74) is -0.587. The summed E-state index contributed by atoms with van der Waals surface area (Å²) in [5, 5.41) is 15.2. The zero-order valence-corrected chi connectivity index (χ0v) is 10.4. The third-order valence-corrected chi connectivity index (χ3v) is 3.74. The van der Waals surface area contributed by atoms with E-state index in [2.05, 4.69) is 10.6 Å². The molecular weight excluding hydrogens is 236 g/mol. The number of hydrogen-bond acceptors (Lipinski definition) is 4. The number of hydrogen-bond donors (Lipinski definition) is 3. The van der Waals surface area contributed by atoms with Crippen molar-refractivity contribution >= 4 is 11.9 Å². The Kier molecular flexibility index (Phi) is 4.19. The molecule has 0 aromatic heterocycles. The fraction of sp³-hybridized carbons (Fsp3) is 0.833. The molecule has 2 rings (SSSR count). The lowest BCUT2D eigenvalue weighted by Gasteiger charge is -2.38. The average molecular weight is 256 g/mol. The molecule has 0 saturated carbocycles. The quantitative estimate of drug-likeness (QED) is 0.645. The molecule has 102 valence electrons. The zero-order chi connectivity index (χ0) is 13.0. The van der Waals surface area contributed by atoms with E-state index in [1.807, 2.05) is 0 Å². The smallest absolute Gasteiger partial charge is 0.305 e. The zero-order valence-electron chi connectivity index (χ0n) is 10.4. The van der Waals surface area contributed by atoms with Crippen LogP contribution in [0.2, 0.25) is 0 Å². The van der Waals surface area contributed by atoms with E-state index in [9.17, 15) is 9.59 Å². The van der Waals surface area contributed by atoms with Crippen molar-refractivity contribution in [2.45, 2.75) is 31.2 Å². The molecule has 2 heterocycles. The lowest BCUT2D eigenvalue weighted by molar-refractivity contribution is -0.139. The number of carbonyl (C=O) groups excluding carboxylic acids is 1. The number of rotatable bonds is 4. The van der Waals surface area contributed by atoms with Gasteiger partial charge < -0.3 is 20.5 Å². The maximum absolute atomic E-state index is 12.1. The Morgan fingerprint density at radius 3 is 2.67 bits per heavy atom. The molecule has 2 fully saturated rings. The number of carboxylic acids is 1. The van der Waals surface area contributed by atoms with Crippen LogP contribution in [-0.2, 0) is 14.3 Å². The van der Waals surface area contributed by atoms with Crippen LogP contribution in [0, 0.1) is 5.92 Å². The van der Waals surface area contributed by atoms with Crippen molar-refractivity contribution in [1.82, 2.24) is 10.6 Å². The third-order valence-electron chi connectivity index (χ3n) is 3.74. The topological polar surface area (TPSA) is 87.7 Å². The van der Waals surface area contributed by atoms with Crippen molar-refractivity contribution in [3.05, 3.63) is 0 Å². The van der Waals surface area contributed by atoms with Crippen LogP contribution >= 0.6 is 0 Å². The second kappa shape index (κ2) is 5.67. The van der Waals surface area contributed by atoms with Crippen molar-refractivity contribution in [3.63, 3.8) is 0 Å². The number of nitrogens with one attached hydrogen (secondary N) is 2. The first-order valence-corrected chi connectivity index (χ1v) is 6.44. The maximum Gasteiger partial charge on any atom is 0.305 e. The highest BCUT2D eigenvalue weighted by atomic mass is 16.5. The molecule has 6 nitrogen and oxygen atoms in total. The number of carboxylic acid groups (broad SMARTS) is 1. The summed E-state index contributed by atoms with van der Waals surface area (Å²) < 4.78 is 5.19. The molecule has 2 aliphatic heterocycles. The summed E-state index contributed by atoms with van der Waals surface area (Å²) in [4.78, 5) is 23.1. The van der Waals surface area contributed by atoms with Crippen molar-refractivity contribution in [3.8, 4) is 0 Å². The Morgan fingerprint density at radius 2 is 2.11 bits per heavy atom. The lowest BCUT2D eigenvalue weighted by Crippen LogP contribution is -2.56. The summed E-state index contributed by atoms with van der Waals surface area (Å²) >= 11 is 0. The first kappa shape index (κ1) is 13.3. The summed E-state index contributed by atoms with van der Waals surface area (Å²) in [6, 6.07) is 0. The van der Waals surface area contributed by atoms with Crippen molar-refractivity contribution in [2.24, 2.45) is 5.92 Å². The molecule has 18 heavy (non-hydrogen) atoms. The van der Waals surface area contributed by atoms with Crippen LogP contribution < -0.4 is 10.6 Å². The molecule has 0 bridgehead atoms. The number of carbonyl (C=O) groups is 2. The van der Waals surface area contributed by atoms with Gasteiger partial charge >= 0.3 is 5.97 Å². The first-order valence-electron chi connectivity index (χ1n) is 6.44. The summed E-state index contributed by atoms with van der Waals surface area (Å²) in [6.45, 7) is 2.56. The van der Waals surface area contributed by atoms with Gasteiger partial charge in [-0.15, -0.1) is 0 Å². The lowest BCUT2D eigenvalue weighted by atomic mass is 9.84. The van der Waals surface area contributed by atoms with Gasteiger partial charge in [-0.05, 0) is 32.4 Å². The molecule has 1 atom stereocenters. The van der Waals surface area contributed by atoms with Gasteiger partial charge in [0.1, 0.15) is 0 Å². The molecule has 0 spiro atoms. The Balaban J connectivity index is 1.99. The minimum atomic E-state index is -0.861. The van der Waals surface area contributed by atoms with Gasteiger partial charge in [-0.25, -0.2) is 0 Å². The normalized spacial score (nSPS) is 26.8. The van der Waals surface area contributed by atoms with E-state index in [1.165, 1.54) is 0 Å². The Hall–Kier alpha value is -1.14. The van der Waals surface area contributed by atoms with Gasteiger partial charge in [-0.3, -0.25) is 9.59 Å². The van der Waals surface area contributed by atoms with E-state index in [0.717, 1.165) is 19.5 Å². The average Bonchev–Trinajstić information content (AvgIpc) is 2.82. The van der Waals surface area contributed by atoms with E-state index < -0.39 is 11.5 Å². The SMILES string of the molecule is O=C(O)CC1(NC(=O)C2CCOC2)CCNCC1. The van der Waals surface area contributed by atoms with E-state index in [1.54, 1.807) is 0 Å². The van der Waals surface area contributed by atoms with E-state index >= 15 is 0 Å². The van der Waals surface area contributed by atoms with Gasteiger partial charge in [0.05, 0.1) is 24.5 Å². The van der Waals surface area contributed by atoms with Gasteiger partial charge in [-0.2, -0.15) is 0 Å². The third kappa shape index (κ3) is 3.20. The molecule has 3 N–H and O–H groups in total. The number of piperidine rings is 1. The first-order chi connectivity index (χ1) is 8.61. The summed E-state index contributed by atoms with van der Waals surface area (Å²) in [7, 11) is 0. The van der Waals surface area contributed by atoms with Gasteiger partial charge in [0.15, 0.2) is 0 Å². The number of aliphatic carboxylic acids is 1. The van der Waals surface area contributed by atoms with Crippen LogP contribution in [-0.4, -0.2) is 48.8 Å². The minimum absolute atomic E-state index is 0.00596. The Morgan fingerprint density at radius 1 is 1.39 bits per heavy atom. The Labute approximate surface area is 106 Å². The Bertz CT molecular complexity index is 320. The van der Waals surface area contributed by atoms with E-state index in [4.69, 9.17) is 9.84 Å². The molecule has 1 amide bonds. The predicted molar refractivity (Wildman–Crippen MR) is 64.2 cm³/mol. The monoisotopic (exact) mass is 256 g/mol. The highest BCUT2D eigenvalue weighted by Gasteiger charge is 2.37. The minimum Gasteiger partial charge on any atom is -0.481 e. The maximum atomic E-state index is 12.1. The van der Waals surface area contributed by atoms with Crippen LogP contribution in [0.1, 0.15) is 25.7 Å². The molecule has 2 aliphatic rings. The molecule has 0 aromatic carbocycles. The highest BCUT2D eigenvalue weighted by Crippen LogP contribution is 2.24. The van der Waals surface area contributed by atoms with Gasteiger partial charge in [0.2, 0.25) is 5.91 Å². The summed E-state index contributed by atoms with van der Waals surface area (Å²) in [6.07, 6.45) is 2.05. The second-order valence-electron chi connectivity index (χ2n) is 5.15. The van der Waals surface area contributed by atoms with Crippen LogP contribution in [0.15, 0.2) is 0 Å². The van der Waals surface area contributed by atoms with E-state index in [0.29, 0.717) is 26.1 Å². The fourth-order valence-corrected chi connectivity index (χ4v) is 2.65. The molecular formula is C12H20N2O4. The van der Waals surface area contributed by atoms with Gasteiger partial charge in [0, 0.05) is 6.61 Å². The molecule has 1 unspecified atom stereocenters. The molecule has 6 heteroatoms. The van der Waals surface area contributed by atoms with Crippen LogP contribution in [0.3, 0.4) is 0 Å². The van der Waals surface area contributed by atoms with Crippen molar-refractivity contribution < 1.29 is 19.4 Å². The second-order valence-corrected chi connectivity index (χ2v) is 5.15. The number of ether oxygens (including phenoxy) is 1. The van der Waals surface area contributed by atoms with Crippen LogP contribution in [0.25, 0.3) is 0 Å². The van der Waals surface area contributed by atoms with Crippen molar-refractivity contribution in [2.75, 3.05) is 26.3 Å². The standard InChI is InChI=1S/C12H20N2O4/c15-10(16)7-12(2-4-13-5-3-12)14-11(17)9-1-6-18-8-9/h9,13H,1-8H2,(H,14,17)(H,15,16). The van der Waals surface area contributed by atoms with Crippen LogP contribution in [0.4, 0.5) is 0 Å². The largest absolute Gasteiger partial charge is 0.481 e. The highest BCUT2D eigenvalue weighted by molar-refractivity contribution is 5.81. The fourth-order valence-electron chi connectivity index (χ4n) is 2.65. The molecule has 0 radical (unpaired) electrons. The molecule has 0 aliphatic carbocycles. The molecule has 0 aromatic rings. The summed E-state index contributed by atoms with van der Waals surface area (Å²) in [5.74, 6) is -1.04. The van der Waals surface area contributed by atoms with Gasteiger partial charge in [-0.1, -0.05) is 0 Å². The predicted octanol–water partition coefficient (Wildman–Crippen LogP) is -0.264. The van der Waals surface area contributed by atoms with Gasteiger partial charge in [0.25, 0.3) is 0 Å². The van der Waals surface area contributed by atoms with Crippen LogP contribution in [0.5, 0.6) is 0 Å². The van der Waals surface area contributed by atoms with Crippen molar-refractivity contribution in [1.29, 1.82) is 0 Å². The number of amides is 1. The molecule has 2 saturated heterocycles.